The molecule has 2 heterocycles. The van der Waals surface area contributed by atoms with Crippen molar-refractivity contribution in [1.82, 2.24) is 4.57 Å². The molecule has 0 spiro atoms. The van der Waals surface area contributed by atoms with Crippen LogP contribution in [0.1, 0.15) is 52.9 Å². The van der Waals surface area contributed by atoms with Gasteiger partial charge in [-0.25, -0.2) is 18.0 Å². The van der Waals surface area contributed by atoms with E-state index in [4.69, 9.17) is 10.6 Å². The number of aromatic carboxylic acids is 1. The third-order valence-corrected chi connectivity index (χ3v) is 6.68. The maximum absolute atomic E-state index is 15.6. The molecule has 3 N–H and O–H groups in total. The molecule has 2 aromatic rings. The predicted octanol–water partition coefficient (Wildman–Crippen LogP) is 2.80. The molecule has 0 bridgehead atoms. The van der Waals surface area contributed by atoms with Gasteiger partial charge in [0, 0.05) is 43.7 Å². The Morgan fingerprint density at radius 2 is 2.06 bits per heavy atom. The fraction of sp³-hybridized carbons (Fsp3) is 0.478. The Labute approximate surface area is 197 Å². The lowest BCUT2D eigenvalue weighted by Crippen LogP contribution is -2.52. The number of nitrogens with two attached hydrogens (primary N) is 1. The lowest BCUT2D eigenvalue weighted by Gasteiger charge is -2.42. The molecule has 4 rings (SSSR count). The minimum absolute atomic E-state index is 0.0541. The van der Waals surface area contributed by atoms with Crippen molar-refractivity contribution >= 4 is 34.1 Å². The molecule has 2 fully saturated rings. The average molecular weight is 494 g/mol. The summed E-state index contributed by atoms with van der Waals surface area (Å²) in [5, 5.41) is 13.0. The third-order valence-electron chi connectivity index (χ3n) is 6.68. The first-order valence-electron chi connectivity index (χ1n) is 11.1. The second-order valence-corrected chi connectivity index (χ2v) is 9.12. The average Bonchev–Trinajstić information content (AvgIpc) is 3.65. The molecule has 1 saturated heterocycles. The first-order chi connectivity index (χ1) is 16.5. The lowest BCUT2D eigenvalue weighted by atomic mass is 9.79. The van der Waals surface area contributed by atoms with Gasteiger partial charge < -0.3 is 25.1 Å². The lowest BCUT2D eigenvalue weighted by molar-refractivity contribution is 0.0679. The second kappa shape index (κ2) is 8.99. The van der Waals surface area contributed by atoms with Crippen molar-refractivity contribution in [1.29, 1.82) is 0 Å². The van der Waals surface area contributed by atoms with Crippen LogP contribution in [0.25, 0.3) is 10.9 Å². The Kier molecular flexibility index (Phi) is 6.34. The van der Waals surface area contributed by atoms with E-state index in [9.17, 15) is 28.3 Å². The summed E-state index contributed by atoms with van der Waals surface area (Å²) in [7, 11) is 1.38. The smallest absolute Gasteiger partial charge is 0.341 e. The van der Waals surface area contributed by atoms with Crippen molar-refractivity contribution in [3.05, 3.63) is 39.4 Å². The largest absolute Gasteiger partial charge is 0.477 e. The summed E-state index contributed by atoms with van der Waals surface area (Å²) in [6.07, 6.45) is -0.959. The fourth-order valence-electron chi connectivity index (χ4n) is 4.70. The van der Waals surface area contributed by atoms with E-state index in [-0.39, 0.29) is 43.3 Å². The van der Waals surface area contributed by atoms with E-state index in [0.717, 1.165) is 12.3 Å². The maximum atomic E-state index is 15.6. The van der Waals surface area contributed by atoms with E-state index >= 15 is 4.39 Å². The third kappa shape index (κ3) is 4.15. The predicted molar refractivity (Wildman–Crippen MR) is 122 cm³/mol. The molecule has 1 atom stereocenters. The van der Waals surface area contributed by atoms with E-state index in [1.54, 1.807) is 6.92 Å². The highest BCUT2D eigenvalue weighted by atomic mass is 19.3. The quantitative estimate of drug-likeness (QED) is 0.448. The number of anilines is 1. The monoisotopic (exact) mass is 494 g/mol. The van der Waals surface area contributed by atoms with Crippen molar-refractivity contribution in [2.45, 2.75) is 38.7 Å². The van der Waals surface area contributed by atoms with Crippen LogP contribution in [0.4, 0.5) is 18.9 Å². The molecular weight excluding hydrogens is 469 g/mol. The van der Waals surface area contributed by atoms with Crippen LogP contribution in [-0.2, 0) is 4.84 Å². The standard InChI is InChI=1S/C23H25F3N4O5/c1-23(9-27)10-29(6-5-15(23)28-35-2)18-14(24)7-12-17(16(18)20(32)21(25)26)30(11-3-4-11)8-13(19(12)31)22(33)34/h7-8,11,21H,3-6,9-10,27H2,1-2H3,(H,33,34)/b28-15-. The number of rotatable bonds is 7. The highest BCUT2D eigenvalue weighted by Gasteiger charge is 2.40. The van der Waals surface area contributed by atoms with Gasteiger partial charge in [0.2, 0.25) is 11.2 Å². The van der Waals surface area contributed by atoms with Crippen LogP contribution in [0.5, 0.6) is 0 Å². The van der Waals surface area contributed by atoms with Gasteiger partial charge in [-0.3, -0.25) is 9.59 Å². The number of pyridine rings is 1. The van der Waals surface area contributed by atoms with Gasteiger partial charge in [0.05, 0.1) is 27.9 Å². The number of alkyl halides is 2. The van der Waals surface area contributed by atoms with E-state index < -0.39 is 51.4 Å². The van der Waals surface area contributed by atoms with Crippen LogP contribution in [0, 0.1) is 11.2 Å². The summed E-state index contributed by atoms with van der Waals surface area (Å²) in [6.45, 7) is 2.04. The van der Waals surface area contributed by atoms with Crippen LogP contribution in [0.15, 0.2) is 22.2 Å². The van der Waals surface area contributed by atoms with Gasteiger partial charge in [-0.2, -0.15) is 0 Å². The number of nitrogens with zero attached hydrogens (tertiary/aromatic N) is 3. The Morgan fingerprint density at radius 1 is 1.37 bits per heavy atom. The molecule has 2 aliphatic rings. The first-order valence-corrected chi connectivity index (χ1v) is 11.1. The van der Waals surface area contributed by atoms with Crippen molar-refractivity contribution in [3.8, 4) is 0 Å². The number of oxime groups is 1. The molecule has 0 radical (unpaired) electrons. The molecule has 188 valence electrons. The summed E-state index contributed by atoms with van der Waals surface area (Å²) >= 11 is 0. The van der Waals surface area contributed by atoms with Crippen molar-refractivity contribution in [2.75, 3.05) is 31.6 Å². The number of Topliss-reactive ketones (excluding diaryl/α,β-unsaturated/α-hetero) is 1. The number of carboxylic acids is 1. The topological polar surface area (TPSA) is 127 Å². The van der Waals surface area contributed by atoms with Crippen LogP contribution in [0.3, 0.4) is 0 Å². The Morgan fingerprint density at radius 3 is 2.60 bits per heavy atom. The summed E-state index contributed by atoms with van der Waals surface area (Å²) in [4.78, 5) is 43.7. The minimum Gasteiger partial charge on any atom is -0.477 e. The molecule has 1 aromatic heterocycles. The number of carbonyl (C=O) groups excluding carboxylic acids is 1. The normalized spacial score (nSPS) is 21.7. The zero-order chi connectivity index (χ0) is 25.7. The van der Waals surface area contributed by atoms with E-state index in [2.05, 4.69) is 5.16 Å². The number of benzene rings is 1. The summed E-state index contributed by atoms with van der Waals surface area (Å²) in [5.74, 6) is -4.25. The van der Waals surface area contributed by atoms with Crippen LogP contribution >= 0.6 is 0 Å². The van der Waals surface area contributed by atoms with Gasteiger partial charge in [0.1, 0.15) is 18.5 Å². The number of piperidine rings is 1. The van der Waals surface area contributed by atoms with Crippen LogP contribution in [0.2, 0.25) is 0 Å². The number of halogens is 3. The number of carboxylic acid groups (broad SMARTS) is 1. The molecule has 35 heavy (non-hydrogen) atoms. The second-order valence-electron chi connectivity index (χ2n) is 9.12. The van der Waals surface area contributed by atoms with Crippen LogP contribution < -0.4 is 16.1 Å². The molecule has 1 aromatic carbocycles. The molecular formula is C23H25F3N4O5. The molecule has 1 aliphatic heterocycles. The molecule has 1 saturated carbocycles. The van der Waals surface area contributed by atoms with Gasteiger partial charge in [-0.1, -0.05) is 12.1 Å². The number of hydrogen-bond acceptors (Lipinski definition) is 7. The van der Waals surface area contributed by atoms with E-state index in [1.807, 2.05) is 0 Å². The number of fused-ring (bicyclic) bond motifs is 1. The zero-order valence-corrected chi connectivity index (χ0v) is 19.2. The van der Waals surface area contributed by atoms with Gasteiger partial charge >= 0.3 is 12.4 Å². The summed E-state index contributed by atoms with van der Waals surface area (Å²) < 4.78 is 44.6. The van der Waals surface area contributed by atoms with Gasteiger partial charge in [-0.15, -0.1) is 0 Å². The zero-order valence-electron chi connectivity index (χ0n) is 19.2. The molecule has 1 unspecified atom stereocenters. The van der Waals surface area contributed by atoms with Gasteiger partial charge in [0.15, 0.2) is 0 Å². The highest BCUT2D eigenvalue weighted by Crippen LogP contribution is 2.42. The molecule has 12 heteroatoms. The molecule has 0 amide bonds. The van der Waals surface area contributed by atoms with Crippen LogP contribution in [-0.4, -0.2) is 60.3 Å². The van der Waals surface area contributed by atoms with Crippen molar-refractivity contribution < 1.29 is 32.7 Å². The number of ketones is 1. The van der Waals surface area contributed by atoms with Gasteiger partial charge in [-0.05, 0) is 18.9 Å². The van der Waals surface area contributed by atoms with E-state index in [0.29, 0.717) is 18.6 Å². The Bertz CT molecular complexity index is 1300. The number of hydrogen-bond donors (Lipinski definition) is 2. The Balaban J connectivity index is 2.04. The van der Waals surface area contributed by atoms with E-state index in [1.165, 1.54) is 16.6 Å². The SMILES string of the molecule is CO/N=C1/CCN(c2c(F)cc3c(=O)c(C(=O)O)cn(C4CC4)c3c2C(=O)C(F)F)CC1(C)CN. The number of carbonyl (C=O) groups is 2. The molecule has 1 aliphatic carbocycles. The highest BCUT2D eigenvalue weighted by molar-refractivity contribution is 6.14. The van der Waals surface area contributed by atoms with Crippen molar-refractivity contribution in [3.63, 3.8) is 0 Å². The molecule has 9 nitrogen and oxygen atoms in total. The first kappa shape index (κ1) is 24.7. The maximum Gasteiger partial charge on any atom is 0.341 e. The van der Waals surface area contributed by atoms with Gasteiger partial charge in [0.25, 0.3) is 0 Å². The minimum atomic E-state index is -3.48. The summed E-state index contributed by atoms with van der Waals surface area (Å²) in [6, 6.07) is 0.536. The number of aromatic nitrogens is 1. The van der Waals surface area contributed by atoms with Crippen molar-refractivity contribution in [2.24, 2.45) is 16.3 Å². The Hall–Kier alpha value is -3.41. The fourth-order valence-corrected chi connectivity index (χ4v) is 4.70. The summed E-state index contributed by atoms with van der Waals surface area (Å²) in [5.41, 5.74) is 2.92.